The molecule has 24 heavy (non-hydrogen) atoms. The SMILES string of the molecule is COC(=O)CCN(C(=O)c1cccc(C)c1)C(C)c1ccccc1. The number of benzene rings is 2. The highest BCUT2D eigenvalue weighted by molar-refractivity contribution is 5.94. The Bertz CT molecular complexity index is 697. The molecule has 0 saturated heterocycles. The fourth-order valence-electron chi connectivity index (χ4n) is 2.64. The van der Waals surface area contributed by atoms with E-state index in [2.05, 4.69) is 0 Å². The summed E-state index contributed by atoms with van der Waals surface area (Å²) in [5.74, 6) is -0.406. The highest BCUT2D eigenvalue weighted by atomic mass is 16.5. The number of carbonyl (C=O) groups excluding carboxylic acids is 2. The molecule has 1 amide bonds. The fraction of sp³-hybridized carbons (Fsp3) is 0.300. The van der Waals surface area contributed by atoms with Crippen molar-refractivity contribution in [2.45, 2.75) is 26.3 Å². The van der Waals surface area contributed by atoms with Crippen molar-refractivity contribution in [1.29, 1.82) is 0 Å². The van der Waals surface area contributed by atoms with Gasteiger partial charge in [0.1, 0.15) is 0 Å². The van der Waals surface area contributed by atoms with Crippen molar-refractivity contribution in [1.82, 2.24) is 4.90 Å². The van der Waals surface area contributed by atoms with Crippen molar-refractivity contribution in [3.05, 3.63) is 71.3 Å². The van der Waals surface area contributed by atoms with Gasteiger partial charge < -0.3 is 9.64 Å². The maximum atomic E-state index is 13.0. The van der Waals surface area contributed by atoms with Crippen LogP contribution in [-0.4, -0.2) is 30.4 Å². The molecule has 2 aromatic carbocycles. The summed E-state index contributed by atoms with van der Waals surface area (Å²) in [7, 11) is 1.36. The number of methoxy groups -OCH3 is 1. The number of hydrogen-bond acceptors (Lipinski definition) is 3. The van der Waals surface area contributed by atoms with E-state index in [4.69, 9.17) is 4.74 Å². The van der Waals surface area contributed by atoms with Gasteiger partial charge in [0.2, 0.25) is 0 Å². The molecule has 0 aliphatic rings. The molecule has 0 aliphatic heterocycles. The highest BCUT2D eigenvalue weighted by Gasteiger charge is 2.23. The van der Waals surface area contributed by atoms with Crippen LogP contribution in [0.3, 0.4) is 0 Å². The molecule has 2 rings (SSSR count). The molecule has 126 valence electrons. The Kier molecular flexibility index (Phi) is 6.13. The maximum Gasteiger partial charge on any atom is 0.307 e. The molecule has 0 saturated carbocycles. The van der Waals surface area contributed by atoms with Gasteiger partial charge in [-0.25, -0.2) is 0 Å². The third kappa shape index (κ3) is 4.44. The summed E-state index contributed by atoms with van der Waals surface area (Å²) < 4.78 is 4.71. The van der Waals surface area contributed by atoms with Gasteiger partial charge >= 0.3 is 5.97 Å². The van der Waals surface area contributed by atoms with Gasteiger partial charge in [0.15, 0.2) is 0 Å². The smallest absolute Gasteiger partial charge is 0.307 e. The molecule has 0 heterocycles. The third-order valence-corrected chi connectivity index (χ3v) is 4.06. The summed E-state index contributed by atoms with van der Waals surface area (Å²) in [4.78, 5) is 26.2. The monoisotopic (exact) mass is 325 g/mol. The second kappa shape index (κ2) is 8.29. The minimum atomic E-state index is -0.322. The zero-order valence-corrected chi connectivity index (χ0v) is 14.4. The zero-order chi connectivity index (χ0) is 17.5. The maximum absolute atomic E-state index is 13.0. The molecule has 4 heteroatoms. The Balaban J connectivity index is 2.28. The fourth-order valence-corrected chi connectivity index (χ4v) is 2.64. The van der Waals surface area contributed by atoms with E-state index in [1.807, 2.05) is 62.4 Å². The second-order valence-corrected chi connectivity index (χ2v) is 5.78. The van der Waals surface area contributed by atoms with Crippen molar-refractivity contribution < 1.29 is 14.3 Å². The van der Waals surface area contributed by atoms with Crippen molar-refractivity contribution in [2.75, 3.05) is 13.7 Å². The van der Waals surface area contributed by atoms with E-state index >= 15 is 0 Å². The lowest BCUT2D eigenvalue weighted by molar-refractivity contribution is -0.140. The van der Waals surface area contributed by atoms with Gasteiger partial charge in [0.05, 0.1) is 19.6 Å². The minimum absolute atomic E-state index is 0.0843. The molecule has 2 aromatic rings. The molecular weight excluding hydrogens is 302 g/mol. The van der Waals surface area contributed by atoms with Crippen LogP contribution in [0.1, 0.15) is 40.9 Å². The number of ether oxygens (including phenoxy) is 1. The third-order valence-electron chi connectivity index (χ3n) is 4.06. The largest absolute Gasteiger partial charge is 0.469 e. The first-order chi connectivity index (χ1) is 11.5. The summed E-state index contributed by atoms with van der Waals surface area (Å²) in [6, 6.07) is 17.2. The van der Waals surface area contributed by atoms with E-state index in [-0.39, 0.29) is 24.3 Å². The first-order valence-corrected chi connectivity index (χ1v) is 8.02. The molecule has 1 unspecified atom stereocenters. The van der Waals surface area contributed by atoms with E-state index in [9.17, 15) is 9.59 Å². The van der Waals surface area contributed by atoms with Crippen LogP contribution in [-0.2, 0) is 9.53 Å². The summed E-state index contributed by atoms with van der Waals surface area (Å²) in [5.41, 5.74) is 2.69. The standard InChI is InChI=1S/C20H23NO3/c1-15-8-7-11-18(14-15)20(23)21(13-12-19(22)24-3)16(2)17-9-5-4-6-10-17/h4-11,14,16H,12-13H2,1-3H3. The summed E-state index contributed by atoms with van der Waals surface area (Å²) in [6.45, 7) is 4.24. The number of hydrogen-bond donors (Lipinski definition) is 0. The minimum Gasteiger partial charge on any atom is -0.469 e. The number of rotatable bonds is 6. The van der Waals surface area contributed by atoms with Gasteiger partial charge in [-0.2, -0.15) is 0 Å². The topological polar surface area (TPSA) is 46.6 Å². The van der Waals surface area contributed by atoms with Crippen LogP contribution in [0.15, 0.2) is 54.6 Å². The first-order valence-electron chi connectivity index (χ1n) is 8.02. The second-order valence-electron chi connectivity index (χ2n) is 5.78. The van der Waals surface area contributed by atoms with Crippen molar-refractivity contribution in [3.8, 4) is 0 Å². The van der Waals surface area contributed by atoms with Crippen LogP contribution in [0.5, 0.6) is 0 Å². The van der Waals surface area contributed by atoms with E-state index in [0.717, 1.165) is 11.1 Å². The Morgan fingerprint density at radius 1 is 1.08 bits per heavy atom. The first kappa shape index (κ1) is 17.7. The van der Waals surface area contributed by atoms with Crippen LogP contribution in [0, 0.1) is 6.92 Å². The van der Waals surface area contributed by atoms with E-state index in [1.165, 1.54) is 7.11 Å². The van der Waals surface area contributed by atoms with Crippen LogP contribution in [0.4, 0.5) is 0 Å². The Hall–Kier alpha value is -2.62. The zero-order valence-electron chi connectivity index (χ0n) is 14.4. The molecule has 1 atom stereocenters. The van der Waals surface area contributed by atoms with E-state index in [0.29, 0.717) is 12.1 Å². The normalized spacial score (nSPS) is 11.6. The summed E-state index contributed by atoms with van der Waals surface area (Å²) in [5, 5.41) is 0. The van der Waals surface area contributed by atoms with Gasteiger partial charge in [-0.15, -0.1) is 0 Å². The molecular formula is C20H23NO3. The molecule has 0 N–H and O–H groups in total. The summed E-state index contributed by atoms with van der Waals surface area (Å²) >= 11 is 0. The van der Waals surface area contributed by atoms with Gasteiger partial charge in [-0.3, -0.25) is 9.59 Å². The van der Waals surface area contributed by atoms with Crippen molar-refractivity contribution >= 4 is 11.9 Å². The average molecular weight is 325 g/mol. The number of amides is 1. The Labute approximate surface area is 143 Å². The summed E-state index contributed by atoms with van der Waals surface area (Å²) in [6.07, 6.45) is 0.172. The molecule has 0 spiro atoms. The Morgan fingerprint density at radius 3 is 2.42 bits per heavy atom. The van der Waals surface area contributed by atoms with E-state index < -0.39 is 0 Å². The number of carbonyl (C=O) groups is 2. The number of aryl methyl sites for hydroxylation is 1. The average Bonchev–Trinajstić information content (AvgIpc) is 2.62. The van der Waals surface area contributed by atoms with E-state index in [1.54, 1.807) is 11.0 Å². The molecule has 0 bridgehead atoms. The van der Waals surface area contributed by atoms with Gasteiger partial charge in [-0.05, 0) is 31.5 Å². The van der Waals surface area contributed by atoms with Crippen molar-refractivity contribution in [3.63, 3.8) is 0 Å². The van der Waals surface area contributed by atoms with Crippen LogP contribution >= 0.6 is 0 Å². The lowest BCUT2D eigenvalue weighted by Gasteiger charge is -2.29. The van der Waals surface area contributed by atoms with Gasteiger partial charge in [-0.1, -0.05) is 48.0 Å². The number of nitrogens with zero attached hydrogens (tertiary/aromatic N) is 1. The lowest BCUT2D eigenvalue weighted by atomic mass is 10.0. The molecule has 0 aliphatic carbocycles. The predicted octanol–water partition coefficient (Wildman–Crippen LogP) is 3.76. The van der Waals surface area contributed by atoms with Crippen LogP contribution < -0.4 is 0 Å². The van der Waals surface area contributed by atoms with Gasteiger partial charge in [0.25, 0.3) is 5.91 Å². The quantitative estimate of drug-likeness (QED) is 0.760. The number of esters is 1. The van der Waals surface area contributed by atoms with Gasteiger partial charge in [0, 0.05) is 12.1 Å². The Morgan fingerprint density at radius 2 is 1.79 bits per heavy atom. The molecule has 4 nitrogen and oxygen atoms in total. The molecule has 0 aromatic heterocycles. The lowest BCUT2D eigenvalue weighted by Crippen LogP contribution is -2.35. The molecule has 0 fully saturated rings. The predicted molar refractivity (Wildman–Crippen MR) is 93.7 cm³/mol. The van der Waals surface area contributed by atoms with Crippen molar-refractivity contribution in [2.24, 2.45) is 0 Å². The van der Waals surface area contributed by atoms with Crippen LogP contribution in [0.2, 0.25) is 0 Å². The molecule has 0 radical (unpaired) electrons. The highest BCUT2D eigenvalue weighted by Crippen LogP contribution is 2.23. The van der Waals surface area contributed by atoms with Crippen LogP contribution in [0.25, 0.3) is 0 Å².